The molecule has 1 heterocycles. The summed E-state index contributed by atoms with van der Waals surface area (Å²) in [6, 6.07) is 9.29. The summed E-state index contributed by atoms with van der Waals surface area (Å²) in [4.78, 5) is 38.0. The van der Waals surface area contributed by atoms with Crippen LogP contribution in [0.4, 0.5) is 0 Å². The van der Waals surface area contributed by atoms with Gasteiger partial charge in [-0.15, -0.1) is 0 Å². The highest BCUT2D eigenvalue weighted by molar-refractivity contribution is 6.34. The largest absolute Gasteiger partial charge is 0.493 e. The van der Waals surface area contributed by atoms with Crippen LogP contribution in [0.25, 0.3) is 0 Å². The van der Waals surface area contributed by atoms with Gasteiger partial charge in [0, 0.05) is 26.2 Å². The average molecular weight is 320 g/mol. The Labute approximate surface area is 134 Å². The number of carbonyl (C=O) groups excluding carboxylic acids is 3. The second-order valence-corrected chi connectivity index (χ2v) is 5.06. The Hall–Kier alpha value is -2.61. The van der Waals surface area contributed by atoms with E-state index >= 15 is 0 Å². The van der Waals surface area contributed by atoms with Gasteiger partial charge in [0.05, 0.1) is 13.0 Å². The van der Waals surface area contributed by atoms with E-state index in [0.717, 1.165) is 5.75 Å². The van der Waals surface area contributed by atoms with Crippen LogP contribution in [-0.4, -0.2) is 60.3 Å². The van der Waals surface area contributed by atoms with Gasteiger partial charge in [0.1, 0.15) is 5.75 Å². The highest BCUT2D eigenvalue weighted by Gasteiger charge is 2.27. The molecule has 0 unspecified atom stereocenters. The van der Waals surface area contributed by atoms with Crippen molar-refractivity contribution in [3.8, 4) is 5.75 Å². The number of nitrogens with two attached hydrogens (primary N) is 1. The first-order valence-corrected chi connectivity index (χ1v) is 7.37. The lowest BCUT2D eigenvalue weighted by Gasteiger charge is -2.34. The molecule has 8 nitrogen and oxygen atoms in total. The van der Waals surface area contributed by atoms with Gasteiger partial charge in [-0.1, -0.05) is 18.2 Å². The first-order chi connectivity index (χ1) is 11.1. The van der Waals surface area contributed by atoms with Gasteiger partial charge in [-0.2, -0.15) is 0 Å². The van der Waals surface area contributed by atoms with Crippen LogP contribution in [0.1, 0.15) is 6.42 Å². The van der Waals surface area contributed by atoms with E-state index in [1.807, 2.05) is 35.8 Å². The monoisotopic (exact) mass is 320 g/mol. The standard InChI is InChI=1S/C15H20N4O4/c16-17-14(21)15(22)19-9-7-18(8-10-19)13(20)6-11-23-12-4-2-1-3-5-12/h1-5H,6-11,16H2,(H,17,21). The van der Waals surface area contributed by atoms with E-state index < -0.39 is 11.8 Å². The molecule has 0 atom stereocenters. The molecule has 0 bridgehead atoms. The molecule has 124 valence electrons. The molecule has 0 radical (unpaired) electrons. The molecule has 0 aromatic heterocycles. The molecule has 3 amide bonds. The number of nitrogens with one attached hydrogen (secondary N) is 1. The second-order valence-electron chi connectivity index (χ2n) is 5.06. The zero-order valence-electron chi connectivity index (χ0n) is 12.7. The first kappa shape index (κ1) is 16.8. The summed E-state index contributed by atoms with van der Waals surface area (Å²) in [5, 5.41) is 0. The van der Waals surface area contributed by atoms with Crippen LogP contribution in [0.15, 0.2) is 30.3 Å². The Balaban J connectivity index is 1.71. The third-order valence-corrected chi connectivity index (χ3v) is 3.57. The highest BCUT2D eigenvalue weighted by Crippen LogP contribution is 2.09. The summed E-state index contributed by atoms with van der Waals surface area (Å²) < 4.78 is 5.49. The van der Waals surface area contributed by atoms with Crippen LogP contribution in [-0.2, 0) is 14.4 Å². The van der Waals surface area contributed by atoms with Crippen molar-refractivity contribution in [3.63, 3.8) is 0 Å². The summed E-state index contributed by atoms with van der Waals surface area (Å²) in [6.07, 6.45) is 0.270. The first-order valence-electron chi connectivity index (χ1n) is 7.37. The number of carbonyl (C=O) groups is 3. The summed E-state index contributed by atoms with van der Waals surface area (Å²) in [6.45, 7) is 1.73. The molecule has 1 saturated heterocycles. The Morgan fingerprint density at radius 2 is 1.65 bits per heavy atom. The lowest BCUT2D eigenvalue weighted by atomic mass is 10.2. The molecule has 1 aromatic rings. The van der Waals surface area contributed by atoms with Crippen molar-refractivity contribution in [1.29, 1.82) is 0 Å². The van der Waals surface area contributed by atoms with E-state index in [2.05, 4.69) is 0 Å². The minimum absolute atomic E-state index is 0.0312. The lowest BCUT2D eigenvalue weighted by Crippen LogP contribution is -2.54. The molecular formula is C15H20N4O4. The molecule has 0 spiro atoms. The van der Waals surface area contributed by atoms with Gasteiger partial charge >= 0.3 is 11.8 Å². The van der Waals surface area contributed by atoms with Crippen molar-refractivity contribution >= 4 is 17.7 Å². The SMILES string of the molecule is NNC(=O)C(=O)N1CCN(C(=O)CCOc2ccccc2)CC1. The number of para-hydroxylation sites is 1. The van der Waals surface area contributed by atoms with Gasteiger partial charge in [-0.3, -0.25) is 19.8 Å². The molecule has 1 aliphatic rings. The van der Waals surface area contributed by atoms with Crippen molar-refractivity contribution in [2.45, 2.75) is 6.42 Å². The Kier molecular flexibility index (Phi) is 5.93. The number of rotatable bonds is 4. The minimum atomic E-state index is -0.846. The molecule has 1 fully saturated rings. The molecule has 8 heteroatoms. The maximum atomic E-state index is 12.1. The molecule has 1 aromatic carbocycles. The van der Waals surface area contributed by atoms with Gasteiger partial charge in [-0.25, -0.2) is 5.84 Å². The van der Waals surface area contributed by atoms with Crippen LogP contribution < -0.4 is 16.0 Å². The Morgan fingerprint density at radius 3 is 2.26 bits per heavy atom. The normalized spacial score (nSPS) is 14.3. The van der Waals surface area contributed by atoms with E-state index in [9.17, 15) is 14.4 Å². The summed E-state index contributed by atoms with van der Waals surface area (Å²) in [5.41, 5.74) is 1.81. The van der Waals surface area contributed by atoms with Crippen LogP contribution in [0.2, 0.25) is 0 Å². The van der Waals surface area contributed by atoms with Gasteiger partial charge in [-0.05, 0) is 12.1 Å². The van der Waals surface area contributed by atoms with Crippen LogP contribution >= 0.6 is 0 Å². The quantitative estimate of drug-likeness (QED) is 0.324. The third-order valence-electron chi connectivity index (χ3n) is 3.57. The van der Waals surface area contributed by atoms with Gasteiger partial charge < -0.3 is 14.5 Å². The van der Waals surface area contributed by atoms with E-state index in [0.29, 0.717) is 32.8 Å². The Morgan fingerprint density at radius 1 is 1.04 bits per heavy atom. The maximum Gasteiger partial charge on any atom is 0.323 e. The van der Waals surface area contributed by atoms with Crippen molar-refractivity contribution in [2.75, 3.05) is 32.8 Å². The lowest BCUT2D eigenvalue weighted by molar-refractivity contribution is -0.148. The molecule has 0 saturated carbocycles. The third kappa shape index (κ3) is 4.68. The highest BCUT2D eigenvalue weighted by atomic mass is 16.5. The van der Waals surface area contributed by atoms with E-state index in [4.69, 9.17) is 10.6 Å². The summed E-state index contributed by atoms with van der Waals surface area (Å²) in [7, 11) is 0. The molecule has 0 aliphatic carbocycles. The fourth-order valence-electron chi connectivity index (χ4n) is 2.30. The van der Waals surface area contributed by atoms with Crippen molar-refractivity contribution in [2.24, 2.45) is 5.84 Å². The Bertz CT molecular complexity index is 556. The van der Waals surface area contributed by atoms with Crippen LogP contribution in [0, 0.1) is 0 Å². The number of hydrazine groups is 1. The summed E-state index contributed by atoms with van der Waals surface area (Å²) in [5.74, 6) is 4.11. The number of piperazine rings is 1. The van der Waals surface area contributed by atoms with E-state index in [1.54, 1.807) is 4.90 Å². The second kappa shape index (κ2) is 8.14. The molecule has 1 aliphatic heterocycles. The topological polar surface area (TPSA) is 105 Å². The van der Waals surface area contributed by atoms with Crippen molar-refractivity contribution < 1.29 is 19.1 Å². The number of benzene rings is 1. The zero-order chi connectivity index (χ0) is 16.7. The number of nitrogens with zero attached hydrogens (tertiary/aromatic N) is 2. The molecule has 3 N–H and O–H groups in total. The van der Waals surface area contributed by atoms with Gasteiger partial charge in [0.15, 0.2) is 0 Å². The molecule has 2 rings (SSSR count). The number of hydrogen-bond acceptors (Lipinski definition) is 5. The molecular weight excluding hydrogens is 300 g/mol. The fraction of sp³-hybridized carbons (Fsp3) is 0.400. The van der Waals surface area contributed by atoms with Crippen molar-refractivity contribution in [3.05, 3.63) is 30.3 Å². The number of ether oxygens (including phenoxy) is 1. The number of amides is 3. The van der Waals surface area contributed by atoms with Gasteiger partial charge in [0.25, 0.3) is 0 Å². The minimum Gasteiger partial charge on any atom is -0.493 e. The molecule has 23 heavy (non-hydrogen) atoms. The van der Waals surface area contributed by atoms with Gasteiger partial charge in [0.2, 0.25) is 5.91 Å². The van der Waals surface area contributed by atoms with Crippen molar-refractivity contribution in [1.82, 2.24) is 15.2 Å². The predicted octanol–water partition coefficient (Wildman–Crippen LogP) is -0.884. The van der Waals surface area contributed by atoms with E-state index in [1.165, 1.54) is 4.90 Å². The van der Waals surface area contributed by atoms with Crippen LogP contribution in [0.3, 0.4) is 0 Å². The van der Waals surface area contributed by atoms with E-state index in [-0.39, 0.29) is 12.3 Å². The smallest absolute Gasteiger partial charge is 0.323 e. The number of hydrogen-bond donors (Lipinski definition) is 2. The maximum absolute atomic E-state index is 12.1. The fourth-order valence-corrected chi connectivity index (χ4v) is 2.30. The average Bonchev–Trinajstić information content (AvgIpc) is 2.61. The zero-order valence-corrected chi connectivity index (χ0v) is 12.7. The summed E-state index contributed by atoms with van der Waals surface area (Å²) >= 11 is 0. The predicted molar refractivity (Wildman–Crippen MR) is 82.0 cm³/mol. The van der Waals surface area contributed by atoms with Crippen LogP contribution in [0.5, 0.6) is 5.75 Å².